The van der Waals surface area contributed by atoms with Crippen molar-refractivity contribution in [3.63, 3.8) is 0 Å². The first-order chi connectivity index (χ1) is 7.69. The van der Waals surface area contributed by atoms with Crippen molar-refractivity contribution in [1.82, 2.24) is 4.90 Å². The Morgan fingerprint density at radius 1 is 1.41 bits per heavy atom. The standard InChI is InChI=1S/C13H22N2O2/c1-10(2)11(8-7-9-14)15(6)12(16)17-13(3,4)5/h7-8,10-11H,1-6H3/t11-/m1/s1. The van der Waals surface area contributed by atoms with Crippen LogP contribution in [0.3, 0.4) is 0 Å². The molecule has 96 valence electrons. The molecule has 0 aliphatic heterocycles. The lowest BCUT2D eigenvalue weighted by molar-refractivity contribution is 0.0223. The SMILES string of the molecule is CC(C)[C@@H](C=CC#N)N(C)C(=O)OC(C)(C)C. The van der Waals surface area contributed by atoms with E-state index in [4.69, 9.17) is 10.00 Å². The van der Waals surface area contributed by atoms with Crippen molar-refractivity contribution in [2.45, 2.75) is 46.3 Å². The molecule has 4 nitrogen and oxygen atoms in total. The first kappa shape index (κ1) is 15.5. The molecule has 1 amide bonds. The van der Waals surface area contributed by atoms with Crippen molar-refractivity contribution in [1.29, 1.82) is 5.26 Å². The highest BCUT2D eigenvalue weighted by molar-refractivity contribution is 5.68. The summed E-state index contributed by atoms with van der Waals surface area (Å²) >= 11 is 0. The van der Waals surface area contributed by atoms with Crippen LogP contribution >= 0.6 is 0 Å². The third-order valence-electron chi connectivity index (χ3n) is 2.18. The summed E-state index contributed by atoms with van der Waals surface area (Å²) < 4.78 is 5.28. The molecule has 0 aromatic rings. The van der Waals surface area contributed by atoms with Gasteiger partial charge in [0.05, 0.1) is 12.1 Å². The van der Waals surface area contributed by atoms with E-state index in [1.165, 1.54) is 11.0 Å². The van der Waals surface area contributed by atoms with Crippen molar-refractivity contribution < 1.29 is 9.53 Å². The minimum atomic E-state index is -0.508. The average molecular weight is 238 g/mol. The van der Waals surface area contributed by atoms with Gasteiger partial charge in [0.1, 0.15) is 5.60 Å². The number of nitrogens with zero attached hydrogens (tertiary/aromatic N) is 2. The summed E-state index contributed by atoms with van der Waals surface area (Å²) in [7, 11) is 1.68. The van der Waals surface area contributed by atoms with Crippen molar-refractivity contribution in [2.75, 3.05) is 7.05 Å². The molecule has 0 fully saturated rings. The van der Waals surface area contributed by atoms with Gasteiger partial charge in [-0.3, -0.25) is 0 Å². The number of likely N-dealkylation sites (N-methyl/N-ethyl adjacent to an activating group) is 1. The van der Waals surface area contributed by atoms with Crippen LogP contribution in [0.2, 0.25) is 0 Å². The van der Waals surface area contributed by atoms with Crippen molar-refractivity contribution in [2.24, 2.45) is 5.92 Å². The molecule has 0 aliphatic carbocycles. The number of amides is 1. The van der Waals surface area contributed by atoms with E-state index in [2.05, 4.69) is 0 Å². The summed E-state index contributed by atoms with van der Waals surface area (Å²) in [6.45, 7) is 9.47. The van der Waals surface area contributed by atoms with Crippen molar-refractivity contribution in [3.8, 4) is 6.07 Å². The number of allylic oxidation sites excluding steroid dienone is 1. The van der Waals surface area contributed by atoms with Gasteiger partial charge in [0.25, 0.3) is 0 Å². The molecular weight excluding hydrogens is 216 g/mol. The minimum absolute atomic E-state index is 0.135. The maximum Gasteiger partial charge on any atom is 0.410 e. The monoisotopic (exact) mass is 238 g/mol. The minimum Gasteiger partial charge on any atom is -0.444 e. The predicted octanol–water partition coefficient (Wildman–Crippen LogP) is 2.96. The molecule has 0 rings (SSSR count). The van der Waals surface area contributed by atoms with E-state index in [0.29, 0.717) is 0 Å². The lowest BCUT2D eigenvalue weighted by atomic mass is 10.0. The molecule has 1 atom stereocenters. The van der Waals surface area contributed by atoms with Gasteiger partial charge in [-0.1, -0.05) is 19.9 Å². The van der Waals surface area contributed by atoms with E-state index in [9.17, 15) is 4.79 Å². The molecule has 0 spiro atoms. The van der Waals surface area contributed by atoms with Crippen LogP contribution in [0.4, 0.5) is 4.79 Å². The molecule has 0 N–H and O–H groups in total. The molecule has 0 aromatic carbocycles. The van der Waals surface area contributed by atoms with Gasteiger partial charge >= 0.3 is 6.09 Å². The molecule has 17 heavy (non-hydrogen) atoms. The summed E-state index contributed by atoms with van der Waals surface area (Å²) in [6.07, 6.45) is 2.74. The fraction of sp³-hybridized carbons (Fsp3) is 0.692. The van der Waals surface area contributed by atoms with Crippen LogP contribution in [0, 0.1) is 17.2 Å². The Labute approximate surface area is 104 Å². The summed E-state index contributed by atoms with van der Waals surface area (Å²) in [6, 6.07) is 1.80. The van der Waals surface area contributed by atoms with Gasteiger partial charge in [-0.25, -0.2) is 4.79 Å². The molecule has 0 bridgehead atoms. The van der Waals surface area contributed by atoms with E-state index < -0.39 is 5.60 Å². The molecule has 0 saturated heterocycles. The quantitative estimate of drug-likeness (QED) is 0.710. The molecule has 0 saturated carbocycles. The third kappa shape index (κ3) is 5.96. The number of hydrogen-bond donors (Lipinski definition) is 0. The number of rotatable bonds is 3. The summed E-state index contributed by atoms with van der Waals surface area (Å²) in [4.78, 5) is 13.4. The van der Waals surface area contributed by atoms with Crippen LogP contribution in [0.1, 0.15) is 34.6 Å². The molecular formula is C13H22N2O2. The predicted molar refractivity (Wildman–Crippen MR) is 67.4 cm³/mol. The van der Waals surface area contributed by atoms with Crippen LogP contribution in [0.15, 0.2) is 12.2 Å². The van der Waals surface area contributed by atoms with E-state index in [0.717, 1.165) is 0 Å². The van der Waals surface area contributed by atoms with Gasteiger partial charge in [0, 0.05) is 13.1 Å². The highest BCUT2D eigenvalue weighted by Crippen LogP contribution is 2.15. The maximum absolute atomic E-state index is 11.9. The largest absolute Gasteiger partial charge is 0.444 e. The van der Waals surface area contributed by atoms with Crippen LogP contribution < -0.4 is 0 Å². The van der Waals surface area contributed by atoms with Crippen molar-refractivity contribution in [3.05, 3.63) is 12.2 Å². The second kappa shape index (κ2) is 6.29. The van der Waals surface area contributed by atoms with Gasteiger partial charge in [0.2, 0.25) is 0 Å². The second-order valence-electron chi connectivity index (χ2n) is 5.31. The summed E-state index contributed by atoms with van der Waals surface area (Å²) in [5, 5.41) is 8.53. The molecule has 0 radical (unpaired) electrons. The fourth-order valence-corrected chi connectivity index (χ4v) is 1.40. The zero-order chi connectivity index (χ0) is 13.6. The van der Waals surface area contributed by atoms with E-state index in [-0.39, 0.29) is 18.1 Å². The molecule has 0 unspecified atom stereocenters. The van der Waals surface area contributed by atoms with Crippen LogP contribution in [0.5, 0.6) is 0 Å². The Hall–Kier alpha value is -1.50. The van der Waals surface area contributed by atoms with Gasteiger partial charge in [-0.2, -0.15) is 5.26 Å². The lowest BCUT2D eigenvalue weighted by Gasteiger charge is -2.31. The van der Waals surface area contributed by atoms with Gasteiger partial charge in [0.15, 0.2) is 0 Å². The van der Waals surface area contributed by atoms with Gasteiger partial charge in [-0.15, -0.1) is 0 Å². The van der Waals surface area contributed by atoms with Crippen LogP contribution in [-0.4, -0.2) is 29.7 Å². The Morgan fingerprint density at radius 2 is 1.94 bits per heavy atom. The number of ether oxygens (including phenoxy) is 1. The van der Waals surface area contributed by atoms with Gasteiger partial charge in [-0.05, 0) is 26.7 Å². The number of nitriles is 1. The van der Waals surface area contributed by atoms with E-state index in [1.807, 2.05) is 40.7 Å². The summed E-state index contributed by atoms with van der Waals surface area (Å²) in [5.74, 6) is 0.220. The number of hydrogen-bond acceptors (Lipinski definition) is 3. The Kier molecular flexibility index (Phi) is 5.73. The normalized spacial score (nSPS) is 13.5. The van der Waals surface area contributed by atoms with Gasteiger partial charge < -0.3 is 9.64 Å². The lowest BCUT2D eigenvalue weighted by Crippen LogP contribution is -2.42. The van der Waals surface area contributed by atoms with E-state index >= 15 is 0 Å². The Balaban J connectivity index is 4.74. The van der Waals surface area contributed by atoms with Crippen molar-refractivity contribution >= 4 is 6.09 Å². The second-order valence-corrected chi connectivity index (χ2v) is 5.31. The first-order valence-corrected chi connectivity index (χ1v) is 5.71. The van der Waals surface area contributed by atoms with Crippen LogP contribution in [0.25, 0.3) is 0 Å². The zero-order valence-corrected chi connectivity index (χ0v) is 11.5. The Morgan fingerprint density at radius 3 is 2.29 bits per heavy atom. The average Bonchev–Trinajstić information content (AvgIpc) is 2.14. The molecule has 0 aliphatic rings. The molecule has 4 heteroatoms. The van der Waals surface area contributed by atoms with E-state index in [1.54, 1.807) is 13.1 Å². The number of carbonyl (C=O) groups is 1. The van der Waals surface area contributed by atoms with Crippen LogP contribution in [-0.2, 0) is 4.74 Å². The smallest absolute Gasteiger partial charge is 0.410 e. The molecule has 0 aromatic heterocycles. The molecule has 0 heterocycles. The zero-order valence-electron chi connectivity index (χ0n) is 11.5. The summed E-state index contributed by atoms with van der Waals surface area (Å²) in [5.41, 5.74) is -0.508. The highest BCUT2D eigenvalue weighted by atomic mass is 16.6. The highest BCUT2D eigenvalue weighted by Gasteiger charge is 2.25. The fourth-order valence-electron chi connectivity index (χ4n) is 1.40. The maximum atomic E-state index is 11.9. The number of carbonyl (C=O) groups excluding carboxylic acids is 1. The third-order valence-corrected chi connectivity index (χ3v) is 2.18. The topological polar surface area (TPSA) is 53.3 Å². The Bertz CT molecular complexity index is 321. The first-order valence-electron chi connectivity index (χ1n) is 5.71.